The molecule has 0 radical (unpaired) electrons. The zero-order valence-corrected chi connectivity index (χ0v) is 10.5. The molecule has 0 amide bonds. The van der Waals surface area contributed by atoms with Gasteiger partial charge in [0.1, 0.15) is 0 Å². The Balaban J connectivity index is 1.98. The Morgan fingerprint density at radius 1 is 1.59 bits per heavy atom. The Hall–Kier alpha value is -0.910. The third-order valence-electron chi connectivity index (χ3n) is 3.12. The van der Waals surface area contributed by atoms with Gasteiger partial charge in [-0.15, -0.1) is 0 Å². The number of hydrogen-bond donors (Lipinski definition) is 1. The molecule has 0 spiro atoms. The molecule has 1 fully saturated rings. The lowest BCUT2D eigenvalue weighted by molar-refractivity contribution is -0.0318. The Morgan fingerprint density at radius 3 is 3.06 bits per heavy atom. The molecule has 0 saturated carbocycles. The van der Waals surface area contributed by atoms with Gasteiger partial charge < -0.3 is 9.84 Å². The van der Waals surface area contributed by atoms with Gasteiger partial charge in [-0.25, -0.2) is 0 Å². The number of nitrogens with zero attached hydrogens (tertiary/aromatic N) is 3. The van der Waals surface area contributed by atoms with Crippen LogP contribution in [0.15, 0.2) is 12.3 Å². The Morgan fingerprint density at radius 2 is 2.41 bits per heavy atom. The van der Waals surface area contributed by atoms with E-state index in [1.165, 1.54) is 0 Å². The van der Waals surface area contributed by atoms with Crippen molar-refractivity contribution in [3.63, 3.8) is 0 Å². The molecule has 17 heavy (non-hydrogen) atoms. The molecule has 1 aliphatic rings. The smallest absolute Gasteiger partial charge is 0.0765 e. The van der Waals surface area contributed by atoms with E-state index in [1.807, 2.05) is 16.9 Å². The average molecular weight is 239 g/mol. The van der Waals surface area contributed by atoms with Gasteiger partial charge in [-0.05, 0) is 19.9 Å². The summed E-state index contributed by atoms with van der Waals surface area (Å²) >= 11 is 0. The molecule has 5 heteroatoms. The van der Waals surface area contributed by atoms with Gasteiger partial charge in [0.05, 0.1) is 31.6 Å². The lowest BCUT2D eigenvalue weighted by atomic mass is 10.2. The van der Waals surface area contributed by atoms with Crippen molar-refractivity contribution >= 4 is 0 Å². The van der Waals surface area contributed by atoms with Crippen LogP contribution in [-0.2, 0) is 11.3 Å². The van der Waals surface area contributed by atoms with Crippen LogP contribution in [0.3, 0.4) is 0 Å². The van der Waals surface area contributed by atoms with Crippen LogP contribution in [0, 0.1) is 0 Å². The van der Waals surface area contributed by atoms with Crippen molar-refractivity contribution < 1.29 is 9.84 Å². The highest BCUT2D eigenvalue weighted by Gasteiger charge is 2.22. The van der Waals surface area contributed by atoms with Crippen LogP contribution in [0.1, 0.15) is 25.6 Å². The lowest BCUT2D eigenvalue weighted by Gasteiger charge is -2.33. The molecule has 0 bridgehead atoms. The summed E-state index contributed by atoms with van der Waals surface area (Å²) in [5, 5.41) is 13.8. The molecule has 96 valence electrons. The molecule has 1 atom stereocenters. The first kappa shape index (κ1) is 12.5. The summed E-state index contributed by atoms with van der Waals surface area (Å²) in [5.41, 5.74) is 1.05. The molecule has 0 aliphatic carbocycles. The van der Waals surface area contributed by atoms with E-state index in [2.05, 4.69) is 23.8 Å². The number of morpholine rings is 1. The monoisotopic (exact) mass is 239 g/mol. The second-order valence-corrected chi connectivity index (χ2v) is 4.76. The van der Waals surface area contributed by atoms with Crippen molar-refractivity contribution in [1.29, 1.82) is 0 Å². The number of aliphatic hydroxyl groups excluding tert-OH is 1. The fourth-order valence-electron chi connectivity index (χ4n) is 2.02. The zero-order valence-electron chi connectivity index (χ0n) is 10.5. The van der Waals surface area contributed by atoms with Gasteiger partial charge in [-0.2, -0.15) is 5.10 Å². The maximum absolute atomic E-state index is 9.29. The van der Waals surface area contributed by atoms with Crippen LogP contribution in [-0.4, -0.2) is 52.2 Å². The van der Waals surface area contributed by atoms with Crippen molar-refractivity contribution in [3.05, 3.63) is 18.0 Å². The van der Waals surface area contributed by atoms with Gasteiger partial charge in [-0.1, -0.05) is 0 Å². The highest BCUT2D eigenvalue weighted by Crippen LogP contribution is 2.12. The minimum atomic E-state index is 0.105. The highest BCUT2D eigenvalue weighted by molar-refractivity contribution is 5.00. The maximum atomic E-state index is 9.29. The molecular formula is C12H21N3O2. The molecule has 2 heterocycles. The van der Waals surface area contributed by atoms with Crippen LogP contribution in [0.5, 0.6) is 0 Å². The number of hydrogen-bond acceptors (Lipinski definition) is 4. The van der Waals surface area contributed by atoms with Gasteiger partial charge in [0.25, 0.3) is 0 Å². The first-order valence-corrected chi connectivity index (χ1v) is 6.17. The number of ether oxygens (including phenoxy) is 1. The van der Waals surface area contributed by atoms with Crippen LogP contribution in [0.2, 0.25) is 0 Å². The van der Waals surface area contributed by atoms with Crippen molar-refractivity contribution in [3.8, 4) is 0 Å². The minimum absolute atomic E-state index is 0.105. The molecule has 1 N–H and O–H groups in total. The van der Waals surface area contributed by atoms with Crippen LogP contribution in [0.25, 0.3) is 0 Å². The second-order valence-electron chi connectivity index (χ2n) is 4.76. The molecule has 0 aromatic carbocycles. The first-order chi connectivity index (χ1) is 8.20. The molecule has 1 aromatic rings. The molecule has 1 unspecified atom stereocenters. The largest absolute Gasteiger partial charge is 0.395 e. The SMILES string of the molecule is CC(C)n1ccc(CN2CCOCC2CO)n1. The standard InChI is InChI=1S/C12H21N3O2/c1-10(2)15-4-3-11(13-15)7-14-5-6-17-9-12(14)8-16/h3-4,10,12,16H,5-9H2,1-2H3. The molecule has 5 nitrogen and oxygen atoms in total. The summed E-state index contributed by atoms with van der Waals surface area (Å²) in [5.74, 6) is 0. The van der Waals surface area contributed by atoms with Crippen LogP contribution >= 0.6 is 0 Å². The van der Waals surface area contributed by atoms with Crippen LogP contribution < -0.4 is 0 Å². The predicted octanol–water partition coefficient (Wildman–Crippen LogP) is 0.657. The summed E-state index contributed by atoms with van der Waals surface area (Å²) in [7, 11) is 0. The lowest BCUT2D eigenvalue weighted by Crippen LogP contribution is -2.46. The average Bonchev–Trinajstić information content (AvgIpc) is 2.78. The summed E-state index contributed by atoms with van der Waals surface area (Å²) in [4.78, 5) is 2.23. The molecule has 2 rings (SSSR count). The second kappa shape index (κ2) is 5.62. The fraction of sp³-hybridized carbons (Fsp3) is 0.750. The quantitative estimate of drug-likeness (QED) is 0.838. The number of aliphatic hydroxyl groups is 1. The maximum Gasteiger partial charge on any atom is 0.0765 e. The van der Waals surface area contributed by atoms with Crippen molar-refractivity contribution in [2.24, 2.45) is 0 Å². The predicted molar refractivity (Wildman–Crippen MR) is 64.7 cm³/mol. The topological polar surface area (TPSA) is 50.5 Å². The molecular weight excluding hydrogens is 218 g/mol. The van der Waals surface area contributed by atoms with E-state index in [0.29, 0.717) is 12.6 Å². The summed E-state index contributed by atoms with van der Waals surface area (Å²) in [6, 6.07) is 2.54. The fourth-order valence-corrected chi connectivity index (χ4v) is 2.02. The zero-order chi connectivity index (χ0) is 12.3. The van der Waals surface area contributed by atoms with Gasteiger partial charge in [0.15, 0.2) is 0 Å². The number of aromatic nitrogens is 2. The molecule has 1 saturated heterocycles. The normalized spacial score (nSPS) is 22.2. The van der Waals surface area contributed by atoms with Crippen LogP contribution in [0.4, 0.5) is 0 Å². The van der Waals surface area contributed by atoms with Crippen molar-refractivity contribution in [2.75, 3.05) is 26.4 Å². The van der Waals surface area contributed by atoms with E-state index in [1.54, 1.807) is 0 Å². The summed E-state index contributed by atoms with van der Waals surface area (Å²) < 4.78 is 7.32. The Bertz CT molecular complexity index is 351. The molecule has 1 aromatic heterocycles. The van der Waals surface area contributed by atoms with E-state index in [0.717, 1.165) is 25.4 Å². The van der Waals surface area contributed by atoms with E-state index >= 15 is 0 Å². The van der Waals surface area contributed by atoms with Crippen molar-refractivity contribution in [1.82, 2.24) is 14.7 Å². The van der Waals surface area contributed by atoms with Gasteiger partial charge >= 0.3 is 0 Å². The first-order valence-electron chi connectivity index (χ1n) is 6.17. The van der Waals surface area contributed by atoms with E-state index in [-0.39, 0.29) is 12.6 Å². The highest BCUT2D eigenvalue weighted by atomic mass is 16.5. The molecule has 1 aliphatic heterocycles. The number of rotatable bonds is 4. The summed E-state index contributed by atoms with van der Waals surface area (Å²) in [6.45, 7) is 7.37. The van der Waals surface area contributed by atoms with Gasteiger partial charge in [-0.3, -0.25) is 9.58 Å². The van der Waals surface area contributed by atoms with E-state index in [4.69, 9.17) is 4.74 Å². The Kier molecular flexibility index (Phi) is 4.15. The minimum Gasteiger partial charge on any atom is -0.395 e. The van der Waals surface area contributed by atoms with Gasteiger partial charge in [0, 0.05) is 25.3 Å². The third kappa shape index (κ3) is 3.06. The summed E-state index contributed by atoms with van der Waals surface area (Å²) in [6.07, 6.45) is 2.01. The van der Waals surface area contributed by atoms with E-state index < -0.39 is 0 Å². The van der Waals surface area contributed by atoms with Gasteiger partial charge in [0.2, 0.25) is 0 Å². The third-order valence-corrected chi connectivity index (χ3v) is 3.12. The van der Waals surface area contributed by atoms with E-state index in [9.17, 15) is 5.11 Å². The van der Waals surface area contributed by atoms with Crippen molar-refractivity contribution in [2.45, 2.75) is 32.5 Å². The Labute approximate surface area is 102 Å².